The zero-order chi connectivity index (χ0) is 9.56. The van der Waals surface area contributed by atoms with Crippen molar-refractivity contribution in [2.75, 3.05) is 0 Å². The Labute approximate surface area is 70.5 Å². The number of hydrogen-bond acceptors (Lipinski definition) is 2. The van der Waals surface area contributed by atoms with E-state index in [2.05, 4.69) is 0 Å². The van der Waals surface area contributed by atoms with Gasteiger partial charge in [-0.25, -0.2) is 0 Å². The highest BCUT2D eigenvalue weighted by molar-refractivity contribution is 5.94. The molecule has 0 aliphatic rings. The van der Waals surface area contributed by atoms with Gasteiger partial charge in [0, 0.05) is 0 Å². The zero-order valence-electron chi connectivity index (χ0n) is 6.86. The molecule has 0 spiro atoms. The first kappa shape index (κ1) is 10.7. The second kappa shape index (κ2) is 5.35. The molecule has 0 saturated heterocycles. The predicted molar refractivity (Wildman–Crippen MR) is 42.8 cm³/mol. The lowest BCUT2D eigenvalue weighted by atomic mass is 10.1. The van der Waals surface area contributed by atoms with E-state index in [1.54, 1.807) is 6.08 Å². The molecule has 4 nitrogen and oxygen atoms in total. The number of hydrogen-bond donors (Lipinski definition) is 2. The number of rotatable bonds is 5. The molecular formula is C8H12O4. The maximum Gasteiger partial charge on any atom is 0.321 e. The third-order valence-corrected chi connectivity index (χ3v) is 1.32. The topological polar surface area (TPSA) is 74.6 Å². The van der Waals surface area contributed by atoms with Crippen LogP contribution < -0.4 is 0 Å². The minimum atomic E-state index is -1.41. The number of carboxylic acid groups (broad SMARTS) is 2. The summed E-state index contributed by atoms with van der Waals surface area (Å²) in [4.78, 5) is 20.6. The Balaban J connectivity index is 4.14. The van der Waals surface area contributed by atoms with E-state index < -0.39 is 17.9 Å². The Bertz CT molecular complexity index is 181. The van der Waals surface area contributed by atoms with Crippen molar-refractivity contribution >= 4 is 11.9 Å². The second-order valence-corrected chi connectivity index (χ2v) is 2.37. The quantitative estimate of drug-likeness (QED) is 0.481. The highest BCUT2D eigenvalue weighted by Crippen LogP contribution is 2.01. The summed E-state index contributed by atoms with van der Waals surface area (Å²) in [7, 11) is 0. The summed E-state index contributed by atoms with van der Waals surface area (Å²) in [5, 5.41) is 16.8. The van der Waals surface area contributed by atoms with Crippen LogP contribution in [0.3, 0.4) is 0 Å². The van der Waals surface area contributed by atoms with Gasteiger partial charge in [-0.05, 0) is 6.42 Å². The van der Waals surface area contributed by atoms with Gasteiger partial charge in [0.25, 0.3) is 0 Å². The molecule has 12 heavy (non-hydrogen) atoms. The summed E-state index contributed by atoms with van der Waals surface area (Å²) in [6.45, 7) is 1.93. The lowest BCUT2D eigenvalue weighted by Gasteiger charge is -1.98. The monoisotopic (exact) mass is 172 g/mol. The molecule has 68 valence electrons. The third kappa shape index (κ3) is 3.75. The summed E-state index contributed by atoms with van der Waals surface area (Å²) in [6, 6.07) is 0. The van der Waals surface area contributed by atoms with E-state index in [-0.39, 0.29) is 0 Å². The van der Waals surface area contributed by atoms with Crippen LogP contribution in [-0.4, -0.2) is 22.2 Å². The zero-order valence-corrected chi connectivity index (χ0v) is 6.86. The number of carbonyl (C=O) groups is 2. The fourth-order valence-electron chi connectivity index (χ4n) is 0.669. The SMILES string of the molecule is CCC/C=C\C(C(=O)O)C(=O)O. The highest BCUT2D eigenvalue weighted by Gasteiger charge is 2.21. The molecule has 0 aliphatic heterocycles. The maximum atomic E-state index is 10.3. The molecule has 4 heteroatoms. The van der Waals surface area contributed by atoms with Crippen LogP contribution in [0.5, 0.6) is 0 Å². The van der Waals surface area contributed by atoms with Gasteiger partial charge in [0.15, 0.2) is 5.92 Å². The Hall–Kier alpha value is -1.32. The van der Waals surface area contributed by atoms with E-state index in [1.165, 1.54) is 6.08 Å². The van der Waals surface area contributed by atoms with Crippen LogP contribution >= 0.6 is 0 Å². The first-order valence-corrected chi connectivity index (χ1v) is 3.71. The van der Waals surface area contributed by atoms with Crippen LogP contribution in [0.1, 0.15) is 19.8 Å². The number of aliphatic carboxylic acids is 2. The molecule has 0 aliphatic carbocycles. The van der Waals surface area contributed by atoms with Crippen LogP contribution in [0, 0.1) is 5.92 Å². The normalized spacial score (nSPS) is 10.8. The molecule has 0 aromatic heterocycles. The van der Waals surface area contributed by atoms with E-state index in [0.29, 0.717) is 6.42 Å². The van der Waals surface area contributed by atoms with Gasteiger partial charge in [0.2, 0.25) is 0 Å². The summed E-state index contributed by atoms with van der Waals surface area (Å²) in [5.74, 6) is -4.05. The van der Waals surface area contributed by atoms with Crippen molar-refractivity contribution < 1.29 is 19.8 Å². The Morgan fingerprint density at radius 1 is 1.33 bits per heavy atom. The summed E-state index contributed by atoms with van der Waals surface area (Å²) in [6.07, 6.45) is 4.36. The first-order valence-electron chi connectivity index (χ1n) is 3.71. The van der Waals surface area contributed by atoms with Gasteiger partial charge in [0.1, 0.15) is 0 Å². The van der Waals surface area contributed by atoms with Gasteiger partial charge >= 0.3 is 11.9 Å². The molecule has 0 rings (SSSR count). The van der Waals surface area contributed by atoms with Crippen LogP contribution in [0.2, 0.25) is 0 Å². The molecule has 0 fully saturated rings. The van der Waals surface area contributed by atoms with Crippen molar-refractivity contribution in [1.29, 1.82) is 0 Å². The van der Waals surface area contributed by atoms with E-state index in [4.69, 9.17) is 10.2 Å². The fourth-order valence-corrected chi connectivity index (χ4v) is 0.669. The molecule has 0 atom stereocenters. The Kier molecular flexibility index (Phi) is 4.76. The molecule has 0 saturated carbocycles. The standard InChI is InChI=1S/C8H12O4/c1-2-3-4-5-6(7(9)10)8(11)12/h4-6H,2-3H2,1H3,(H,9,10)(H,11,12)/b5-4-. The van der Waals surface area contributed by atoms with Gasteiger partial charge in [-0.1, -0.05) is 25.5 Å². The van der Waals surface area contributed by atoms with Crippen LogP contribution in [-0.2, 0) is 9.59 Å². The average molecular weight is 172 g/mol. The van der Waals surface area contributed by atoms with Crippen LogP contribution in [0.4, 0.5) is 0 Å². The van der Waals surface area contributed by atoms with Gasteiger partial charge in [-0.15, -0.1) is 0 Å². The van der Waals surface area contributed by atoms with Crippen molar-refractivity contribution in [2.24, 2.45) is 5.92 Å². The largest absolute Gasteiger partial charge is 0.480 e. The van der Waals surface area contributed by atoms with Crippen molar-refractivity contribution in [3.05, 3.63) is 12.2 Å². The second-order valence-electron chi connectivity index (χ2n) is 2.37. The van der Waals surface area contributed by atoms with Gasteiger partial charge in [-0.2, -0.15) is 0 Å². The summed E-state index contributed by atoms with van der Waals surface area (Å²) in [5.41, 5.74) is 0. The molecule has 0 aromatic rings. The molecule has 0 aromatic carbocycles. The first-order chi connectivity index (χ1) is 5.59. The molecule has 0 bridgehead atoms. The van der Waals surface area contributed by atoms with Crippen LogP contribution in [0.15, 0.2) is 12.2 Å². The lowest BCUT2D eigenvalue weighted by Crippen LogP contribution is -2.20. The third-order valence-electron chi connectivity index (χ3n) is 1.32. The van der Waals surface area contributed by atoms with E-state index in [1.807, 2.05) is 6.92 Å². The van der Waals surface area contributed by atoms with Gasteiger partial charge in [-0.3, -0.25) is 9.59 Å². The molecule has 0 unspecified atom stereocenters. The Morgan fingerprint density at radius 2 is 1.83 bits per heavy atom. The summed E-state index contributed by atoms with van der Waals surface area (Å²) >= 11 is 0. The Morgan fingerprint density at radius 3 is 2.17 bits per heavy atom. The number of allylic oxidation sites excluding steroid dienone is 1. The van der Waals surface area contributed by atoms with Crippen molar-refractivity contribution in [2.45, 2.75) is 19.8 Å². The van der Waals surface area contributed by atoms with E-state index in [9.17, 15) is 9.59 Å². The van der Waals surface area contributed by atoms with Crippen molar-refractivity contribution in [1.82, 2.24) is 0 Å². The minimum Gasteiger partial charge on any atom is -0.480 e. The average Bonchev–Trinajstić information content (AvgIpc) is 1.96. The summed E-state index contributed by atoms with van der Waals surface area (Å²) < 4.78 is 0. The maximum absolute atomic E-state index is 10.3. The number of carboxylic acids is 2. The smallest absolute Gasteiger partial charge is 0.321 e. The predicted octanol–water partition coefficient (Wildman–Crippen LogP) is 1.13. The molecule has 0 heterocycles. The van der Waals surface area contributed by atoms with E-state index >= 15 is 0 Å². The molecule has 2 N–H and O–H groups in total. The highest BCUT2D eigenvalue weighted by atomic mass is 16.4. The lowest BCUT2D eigenvalue weighted by molar-refractivity contribution is -0.151. The van der Waals surface area contributed by atoms with E-state index in [0.717, 1.165) is 6.42 Å². The van der Waals surface area contributed by atoms with Crippen LogP contribution in [0.25, 0.3) is 0 Å². The van der Waals surface area contributed by atoms with Gasteiger partial charge in [0.05, 0.1) is 0 Å². The number of unbranched alkanes of at least 4 members (excludes halogenated alkanes) is 1. The molecule has 0 radical (unpaired) electrons. The van der Waals surface area contributed by atoms with Gasteiger partial charge < -0.3 is 10.2 Å². The van der Waals surface area contributed by atoms with Crippen molar-refractivity contribution in [3.63, 3.8) is 0 Å². The molecule has 0 amide bonds. The van der Waals surface area contributed by atoms with Crippen molar-refractivity contribution in [3.8, 4) is 0 Å². The minimum absolute atomic E-state index is 0.705. The fraction of sp³-hybridized carbons (Fsp3) is 0.500. The molecular weight excluding hydrogens is 160 g/mol.